The van der Waals surface area contributed by atoms with Crippen LogP contribution in [0.25, 0.3) is 46.1 Å². The number of carboxylic acid groups (broad SMARTS) is 1. The Morgan fingerprint density at radius 3 is 1.62 bits per heavy atom. The summed E-state index contributed by atoms with van der Waals surface area (Å²) >= 11 is 18.3. The predicted octanol–water partition coefficient (Wildman–Crippen LogP) is 17.9. The van der Waals surface area contributed by atoms with Gasteiger partial charge in [0.25, 0.3) is 0 Å². The molecule has 4 N–H and O–H groups in total. The summed E-state index contributed by atoms with van der Waals surface area (Å²) in [6.07, 6.45) is 15.5. The van der Waals surface area contributed by atoms with Crippen LogP contribution in [-0.4, -0.2) is 47.9 Å². The van der Waals surface area contributed by atoms with E-state index < -0.39 is 23.3 Å². The van der Waals surface area contributed by atoms with Gasteiger partial charge in [-0.3, -0.25) is 4.79 Å². The quantitative estimate of drug-likeness (QED) is 0.0451. The van der Waals surface area contributed by atoms with Crippen molar-refractivity contribution in [2.24, 2.45) is 17.3 Å². The van der Waals surface area contributed by atoms with Crippen LogP contribution in [0.5, 0.6) is 0 Å². The number of aliphatic hydroxyl groups excluding tert-OH is 1. The van der Waals surface area contributed by atoms with E-state index in [1.54, 1.807) is 13.8 Å². The van der Waals surface area contributed by atoms with Crippen LogP contribution < -0.4 is 0 Å². The van der Waals surface area contributed by atoms with Gasteiger partial charge < -0.3 is 20.4 Å². The molecule has 11 heteroatoms. The number of halogens is 2. The maximum absolute atomic E-state index is 11.5. The Kier molecular flexibility index (Phi) is 21.2. The zero-order chi connectivity index (χ0) is 57.7. The summed E-state index contributed by atoms with van der Waals surface area (Å²) in [7, 11) is 0. The number of aliphatic hydroxyl groups is 3. The van der Waals surface area contributed by atoms with Gasteiger partial charge in [0.2, 0.25) is 0 Å². The molecule has 0 amide bonds. The standard InChI is InChI=1S/C35H36ClNO3S.C29H28ClNO2.C6H12S/c1-34(2,40)30-9-4-3-7-25(30)13-17-32(41-23-35(18-19-35)22-33(38)39)27-8-5-6-24(20-27)10-15-29-16-12-26-11-14-28(36)21-31(26)37-29;1-29(2,33)26-9-4-3-7-21(26)13-17-28(32)23-8-5-6-20(18-23)10-15-25-16-12-22-11-14-24(30)19-27(22)31-25;1-2-5-3-6(5)4-7/h3-12,14-16,20-21,32,40H,13,17-19,22-23H2,1-2H3,(H,38,39);3-12,14-16,18-19,28,32-33H,13,17H2,1-2H3;5-7H,2-4H2,1H3/b2*15-10+;/t32-;;/m1../s1. The summed E-state index contributed by atoms with van der Waals surface area (Å²) in [5.41, 5.74) is 9.78. The van der Waals surface area contributed by atoms with Crippen LogP contribution in [0.4, 0.5) is 0 Å². The van der Waals surface area contributed by atoms with E-state index in [-0.39, 0.29) is 17.1 Å². The molecule has 2 fully saturated rings. The van der Waals surface area contributed by atoms with E-state index in [1.165, 1.54) is 18.4 Å². The van der Waals surface area contributed by atoms with E-state index in [1.807, 2.05) is 165 Å². The van der Waals surface area contributed by atoms with Gasteiger partial charge in [-0.25, -0.2) is 9.97 Å². The Morgan fingerprint density at radius 2 is 1.15 bits per heavy atom. The van der Waals surface area contributed by atoms with E-state index in [0.29, 0.717) is 22.9 Å². The number of hydrogen-bond donors (Lipinski definition) is 5. The van der Waals surface area contributed by atoms with Crippen molar-refractivity contribution in [2.45, 2.75) is 115 Å². The lowest BCUT2D eigenvalue weighted by Crippen LogP contribution is -2.18. The van der Waals surface area contributed by atoms with Crippen molar-refractivity contribution in [3.8, 4) is 0 Å². The number of pyridine rings is 2. The van der Waals surface area contributed by atoms with Crippen LogP contribution in [0, 0.1) is 17.3 Å². The zero-order valence-electron chi connectivity index (χ0n) is 47.1. The smallest absolute Gasteiger partial charge is 0.303 e. The molecule has 0 spiro atoms. The Morgan fingerprint density at radius 1 is 0.654 bits per heavy atom. The highest BCUT2D eigenvalue weighted by molar-refractivity contribution is 7.99. The highest BCUT2D eigenvalue weighted by Gasteiger charge is 2.44. The molecule has 10 rings (SSSR count). The lowest BCUT2D eigenvalue weighted by Gasteiger charge is -2.24. The minimum atomic E-state index is -0.911. The molecule has 7 nitrogen and oxygen atoms in total. The van der Waals surface area contributed by atoms with Gasteiger partial charge in [-0.05, 0) is 195 Å². The van der Waals surface area contributed by atoms with Crippen molar-refractivity contribution in [2.75, 3.05) is 11.5 Å². The topological polar surface area (TPSA) is 124 Å². The fourth-order valence-electron chi connectivity index (χ4n) is 10.4. The molecule has 0 aliphatic heterocycles. The molecule has 81 heavy (non-hydrogen) atoms. The number of aryl methyl sites for hydroxylation is 2. The molecule has 6 aromatic carbocycles. The van der Waals surface area contributed by atoms with Crippen molar-refractivity contribution in [3.05, 3.63) is 224 Å². The summed E-state index contributed by atoms with van der Waals surface area (Å²) in [6, 6.07) is 51.9. The average molecular weight is 1160 g/mol. The molecule has 2 saturated carbocycles. The average Bonchev–Trinajstić information content (AvgIpc) is 4.42. The molecule has 3 unspecified atom stereocenters. The fraction of sp³-hybridized carbons (Fsp3) is 0.329. The molecule has 0 bridgehead atoms. The number of fused-ring (bicyclic) bond motifs is 2. The first-order valence-corrected chi connectivity index (χ1v) is 30.6. The number of carbonyl (C=O) groups is 1. The number of benzene rings is 6. The maximum Gasteiger partial charge on any atom is 0.303 e. The summed E-state index contributed by atoms with van der Waals surface area (Å²) in [4.78, 5) is 20.9. The summed E-state index contributed by atoms with van der Waals surface area (Å²) in [6.45, 7) is 9.49. The highest BCUT2D eigenvalue weighted by Crippen LogP contribution is 2.53. The van der Waals surface area contributed by atoms with Crippen LogP contribution in [0.15, 0.2) is 158 Å². The third kappa shape index (κ3) is 18.1. The monoisotopic (exact) mass is 1160 g/mol. The third-order valence-electron chi connectivity index (χ3n) is 15.4. The van der Waals surface area contributed by atoms with Crippen molar-refractivity contribution < 1.29 is 25.2 Å². The van der Waals surface area contributed by atoms with E-state index >= 15 is 0 Å². The number of thiol groups is 1. The SMILES string of the molecule is CC(C)(O)c1ccccc1CCC(O)c1cccc(/C=C/c2ccc3ccc(Cl)cc3n2)c1.CC(C)(O)c1ccccc1CC[C@@H](SCC1(CC(=O)O)CC1)c1cccc(/C=C/c2ccc3ccc(Cl)cc3n2)c1.CCC1CC1CS. The zero-order valence-corrected chi connectivity index (χ0v) is 50.3. The molecule has 2 aromatic heterocycles. The first kappa shape index (κ1) is 61.3. The first-order chi connectivity index (χ1) is 38.8. The number of aliphatic carboxylic acids is 1. The molecule has 8 aromatic rings. The molecule has 2 aliphatic carbocycles. The number of thioether (sulfide) groups is 1. The van der Waals surface area contributed by atoms with E-state index in [9.17, 15) is 25.2 Å². The van der Waals surface area contributed by atoms with Gasteiger partial charge in [0.1, 0.15) is 0 Å². The van der Waals surface area contributed by atoms with Gasteiger partial charge >= 0.3 is 5.97 Å². The van der Waals surface area contributed by atoms with E-state index in [4.69, 9.17) is 28.2 Å². The van der Waals surface area contributed by atoms with Gasteiger partial charge in [0.15, 0.2) is 0 Å². The summed E-state index contributed by atoms with van der Waals surface area (Å²) < 4.78 is 0. The number of hydrogen-bond acceptors (Lipinski definition) is 8. The van der Waals surface area contributed by atoms with Crippen molar-refractivity contribution >= 4 is 99.7 Å². The van der Waals surface area contributed by atoms with Crippen molar-refractivity contribution in [1.82, 2.24) is 9.97 Å². The van der Waals surface area contributed by atoms with Crippen LogP contribution in [0.2, 0.25) is 10.0 Å². The third-order valence-corrected chi connectivity index (χ3v) is 18.1. The summed E-state index contributed by atoms with van der Waals surface area (Å²) in [5.74, 6) is 3.25. The second kappa shape index (κ2) is 28.0. The molecule has 2 aliphatic rings. The van der Waals surface area contributed by atoms with Gasteiger partial charge in [-0.2, -0.15) is 24.4 Å². The van der Waals surface area contributed by atoms with E-state index in [2.05, 4.69) is 67.0 Å². The molecule has 2 heterocycles. The predicted molar refractivity (Wildman–Crippen MR) is 344 cm³/mol. The molecule has 4 atom stereocenters. The number of rotatable bonds is 21. The number of carboxylic acids is 1. The molecule has 422 valence electrons. The van der Waals surface area contributed by atoms with Gasteiger partial charge in [-0.1, -0.05) is 164 Å². The molecule has 0 saturated heterocycles. The molecular formula is C70H76Cl2N2O5S2. The molecular weight excluding hydrogens is 1080 g/mol. The molecule has 0 radical (unpaired) electrons. The van der Waals surface area contributed by atoms with E-state index in [0.717, 1.165) is 121 Å². The Bertz CT molecular complexity index is 3460. The normalized spacial score (nSPS) is 16.4. The Labute approximate surface area is 499 Å². The Hall–Kier alpha value is -5.75. The first-order valence-electron chi connectivity index (χ1n) is 28.2. The minimum absolute atomic E-state index is 0.0814. The second-order valence-corrected chi connectivity index (χ2v) is 25.3. The van der Waals surface area contributed by atoms with Crippen LogP contribution in [-0.2, 0) is 28.8 Å². The highest BCUT2D eigenvalue weighted by atomic mass is 35.5. The second-order valence-electron chi connectivity index (χ2n) is 22.9. The van der Waals surface area contributed by atoms with Crippen LogP contribution >= 0.6 is 47.6 Å². The van der Waals surface area contributed by atoms with Crippen LogP contribution in [0.3, 0.4) is 0 Å². The number of aromatic nitrogens is 2. The summed E-state index contributed by atoms with van der Waals surface area (Å²) in [5, 5.41) is 45.1. The maximum atomic E-state index is 11.5. The number of nitrogens with zero attached hydrogens (tertiary/aromatic N) is 2. The van der Waals surface area contributed by atoms with Crippen molar-refractivity contribution in [3.63, 3.8) is 0 Å². The van der Waals surface area contributed by atoms with Crippen molar-refractivity contribution in [1.29, 1.82) is 0 Å². The lowest BCUT2D eigenvalue weighted by atomic mass is 9.90. The van der Waals surface area contributed by atoms with Gasteiger partial charge in [0, 0.05) is 31.8 Å². The van der Waals surface area contributed by atoms with Crippen LogP contribution in [0.1, 0.15) is 147 Å². The minimum Gasteiger partial charge on any atom is -0.481 e. The van der Waals surface area contributed by atoms with Gasteiger partial charge in [0.05, 0.1) is 46.1 Å². The lowest BCUT2D eigenvalue weighted by molar-refractivity contribution is -0.138. The van der Waals surface area contributed by atoms with Gasteiger partial charge in [-0.15, -0.1) is 0 Å². The largest absolute Gasteiger partial charge is 0.481 e. The Balaban J connectivity index is 0.000000193. The fourth-order valence-corrected chi connectivity index (χ4v) is 12.8.